The number of fused-ring (bicyclic) bond motifs is 1. The van der Waals surface area contributed by atoms with Crippen molar-refractivity contribution in [2.45, 2.75) is 19.3 Å². The molecule has 1 aromatic carbocycles. The number of ether oxygens (including phenoxy) is 1. The summed E-state index contributed by atoms with van der Waals surface area (Å²) < 4.78 is 6.59. The number of methoxy groups -OCH3 is 1. The maximum absolute atomic E-state index is 5.50. The van der Waals surface area contributed by atoms with Crippen molar-refractivity contribution in [3.63, 3.8) is 0 Å². The van der Waals surface area contributed by atoms with Crippen LogP contribution >= 0.6 is 15.9 Å². The van der Waals surface area contributed by atoms with Crippen LogP contribution in [0, 0.1) is 0 Å². The number of aromatic nitrogens is 1. The maximum atomic E-state index is 5.50. The zero-order chi connectivity index (χ0) is 13.2. The molecule has 1 aromatic heterocycles. The van der Waals surface area contributed by atoms with Gasteiger partial charge in [0, 0.05) is 22.6 Å². The zero-order valence-corrected chi connectivity index (χ0v) is 12.8. The maximum Gasteiger partial charge on any atom is 0.128 e. The molecular weight excluding hydrogens is 304 g/mol. The van der Waals surface area contributed by atoms with Crippen molar-refractivity contribution in [1.29, 1.82) is 0 Å². The monoisotopic (exact) mass is 322 g/mol. The van der Waals surface area contributed by atoms with Crippen molar-refractivity contribution in [2.24, 2.45) is 0 Å². The molecule has 1 N–H and O–H groups in total. The molecule has 0 radical (unpaired) electrons. The van der Waals surface area contributed by atoms with Gasteiger partial charge in [0.15, 0.2) is 0 Å². The zero-order valence-electron chi connectivity index (χ0n) is 11.2. The van der Waals surface area contributed by atoms with Gasteiger partial charge in [-0.3, -0.25) is 0 Å². The number of aromatic amines is 1. The second-order valence-electron chi connectivity index (χ2n) is 5.11. The van der Waals surface area contributed by atoms with E-state index in [-0.39, 0.29) is 0 Å². The fourth-order valence-corrected chi connectivity index (χ4v) is 3.35. The number of hydrogen-bond acceptors (Lipinski definition) is 2. The van der Waals surface area contributed by atoms with Crippen LogP contribution in [0.2, 0.25) is 0 Å². The van der Waals surface area contributed by atoms with Crippen LogP contribution in [0.1, 0.15) is 18.4 Å². The Morgan fingerprint density at radius 3 is 2.84 bits per heavy atom. The highest BCUT2D eigenvalue weighted by atomic mass is 79.9. The molecule has 2 aromatic rings. The summed E-state index contributed by atoms with van der Waals surface area (Å²) in [6, 6.07) is 4.06. The minimum absolute atomic E-state index is 0.955. The van der Waals surface area contributed by atoms with E-state index in [4.69, 9.17) is 4.74 Å². The lowest BCUT2D eigenvalue weighted by molar-refractivity contribution is 0.344. The number of hydrogen-bond donors (Lipinski definition) is 1. The molecule has 3 nitrogen and oxygen atoms in total. The van der Waals surface area contributed by atoms with Gasteiger partial charge in [0.25, 0.3) is 0 Å². The van der Waals surface area contributed by atoms with Crippen molar-refractivity contribution in [3.8, 4) is 5.75 Å². The lowest BCUT2D eigenvalue weighted by atomic mass is 10.1. The predicted molar refractivity (Wildman–Crippen MR) is 81.9 cm³/mol. The van der Waals surface area contributed by atoms with Crippen molar-refractivity contribution in [1.82, 2.24) is 9.88 Å². The summed E-state index contributed by atoms with van der Waals surface area (Å²) in [6.07, 6.45) is 5.90. The Morgan fingerprint density at radius 1 is 1.32 bits per heavy atom. The van der Waals surface area contributed by atoms with E-state index in [1.807, 2.05) is 12.1 Å². The summed E-state index contributed by atoms with van der Waals surface area (Å²) >= 11 is 3.59. The molecular formula is C15H19BrN2O. The molecule has 0 atom stereocenters. The van der Waals surface area contributed by atoms with E-state index >= 15 is 0 Å². The number of benzene rings is 1. The normalized spacial score (nSPS) is 16.3. The average Bonchev–Trinajstić information content (AvgIpc) is 3.06. The van der Waals surface area contributed by atoms with Gasteiger partial charge in [0.05, 0.1) is 12.6 Å². The fraction of sp³-hybridized carbons (Fsp3) is 0.467. The number of nitrogens with zero attached hydrogens (tertiary/aromatic N) is 1. The van der Waals surface area contributed by atoms with E-state index in [1.165, 1.54) is 36.9 Å². The van der Waals surface area contributed by atoms with Crippen LogP contribution in [0.4, 0.5) is 0 Å². The molecule has 2 heterocycles. The summed E-state index contributed by atoms with van der Waals surface area (Å²) in [7, 11) is 1.74. The van der Waals surface area contributed by atoms with E-state index in [0.717, 1.165) is 28.7 Å². The predicted octanol–water partition coefficient (Wildman–Crippen LogP) is 3.58. The third-order valence-corrected chi connectivity index (χ3v) is 4.60. The van der Waals surface area contributed by atoms with Gasteiger partial charge in [0.1, 0.15) is 5.75 Å². The lowest BCUT2D eigenvalue weighted by Crippen LogP contribution is -2.21. The molecule has 4 heteroatoms. The molecule has 0 saturated carbocycles. The van der Waals surface area contributed by atoms with Crippen molar-refractivity contribution in [3.05, 3.63) is 28.4 Å². The second-order valence-corrected chi connectivity index (χ2v) is 5.97. The summed E-state index contributed by atoms with van der Waals surface area (Å²) in [6.45, 7) is 3.65. The van der Waals surface area contributed by atoms with Crippen LogP contribution in [0.25, 0.3) is 10.9 Å². The van der Waals surface area contributed by atoms with Gasteiger partial charge in [0.2, 0.25) is 0 Å². The third-order valence-electron chi connectivity index (χ3n) is 3.94. The Balaban J connectivity index is 1.88. The van der Waals surface area contributed by atoms with Crippen molar-refractivity contribution in [2.75, 3.05) is 26.7 Å². The smallest absolute Gasteiger partial charge is 0.128 e. The van der Waals surface area contributed by atoms with Gasteiger partial charge < -0.3 is 14.6 Å². The number of likely N-dealkylation sites (tertiary alicyclic amines) is 1. The quantitative estimate of drug-likeness (QED) is 0.931. The number of H-pyrrole nitrogens is 1. The van der Waals surface area contributed by atoms with Gasteiger partial charge in [-0.1, -0.05) is 0 Å². The van der Waals surface area contributed by atoms with Crippen molar-refractivity contribution >= 4 is 26.8 Å². The summed E-state index contributed by atoms with van der Waals surface area (Å²) in [5, 5.41) is 1.22. The van der Waals surface area contributed by atoms with E-state index in [0.29, 0.717) is 0 Å². The standard InChI is InChI=1S/C15H19BrN2O/c1-19-13-5-4-12(16)15-14(13)11(10-17-15)6-9-18-7-2-3-8-18/h4-5,10,17H,2-3,6-9H2,1H3. The molecule has 3 rings (SSSR count). The Morgan fingerprint density at radius 2 is 2.11 bits per heavy atom. The summed E-state index contributed by atoms with van der Waals surface area (Å²) in [5.41, 5.74) is 2.48. The highest BCUT2D eigenvalue weighted by molar-refractivity contribution is 9.10. The molecule has 1 fully saturated rings. The molecule has 0 unspecified atom stereocenters. The Kier molecular flexibility index (Phi) is 3.80. The van der Waals surface area contributed by atoms with Gasteiger partial charge in [-0.2, -0.15) is 0 Å². The van der Waals surface area contributed by atoms with Gasteiger partial charge in [-0.15, -0.1) is 0 Å². The van der Waals surface area contributed by atoms with Crippen LogP contribution in [-0.4, -0.2) is 36.6 Å². The molecule has 1 aliphatic rings. The SMILES string of the molecule is COc1ccc(Br)c2[nH]cc(CCN3CCCC3)c12. The topological polar surface area (TPSA) is 28.3 Å². The highest BCUT2D eigenvalue weighted by Gasteiger charge is 2.15. The molecule has 19 heavy (non-hydrogen) atoms. The first-order valence-electron chi connectivity index (χ1n) is 6.84. The van der Waals surface area contributed by atoms with Gasteiger partial charge in [-0.25, -0.2) is 0 Å². The lowest BCUT2D eigenvalue weighted by Gasteiger charge is -2.14. The van der Waals surface area contributed by atoms with Crippen LogP contribution in [-0.2, 0) is 6.42 Å². The van der Waals surface area contributed by atoms with Gasteiger partial charge >= 0.3 is 0 Å². The van der Waals surface area contributed by atoms with Crippen molar-refractivity contribution < 1.29 is 4.74 Å². The molecule has 102 valence electrons. The van der Waals surface area contributed by atoms with Crippen LogP contribution in [0.5, 0.6) is 5.75 Å². The second kappa shape index (κ2) is 5.55. The summed E-state index contributed by atoms with van der Waals surface area (Å²) in [5.74, 6) is 0.955. The minimum atomic E-state index is 0.955. The Bertz CT molecular complexity index is 573. The first kappa shape index (κ1) is 13.0. The van der Waals surface area contributed by atoms with Crippen LogP contribution < -0.4 is 4.74 Å². The average molecular weight is 323 g/mol. The first-order valence-corrected chi connectivity index (χ1v) is 7.63. The molecule has 1 aliphatic heterocycles. The first-order chi connectivity index (χ1) is 9.29. The Labute approximate surface area is 122 Å². The highest BCUT2D eigenvalue weighted by Crippen LogP contribution is 2.34. The number of nitrogens with one attached hydrogen (secondary N) is 1. The van der Waals surface area contributed by atoms with E-state index < -0.39 is 0 Å². The van der Waals surface area contributed by atoms with Crippen LogP contribution in [0.3, 0.4) is 0 Å². The van der Waals surface area contributed by atoms with Gasteiger partial charge in [-0.05, 0) is 66.0 Å². The van der Waals surface area contributed by atoms with E-state index in [2.05, 4.69) is 32.0 Å². The number of rotatable bonds is 4. The molecule has 1 saturated heterocycles. The third kappa shape index (κ3) is 2.51. The van der Waals surface area contributed by atoms with Crippen LogP contribution in [0.15, 0.2) is 22.8 Å². The largest absolute Gasteiger partial charge is 0.496 e. The Hall–Kier alpha value is -1.00. The van der Waals surface area contributed by atoms with E-state index in [9.17, 15) is 0 Å². The molecule has 0 spiro atoms. The minimum Gasteiger partial charge on any atom is -0.496 e. The number of halogens is 1. The molecule has 0 bridgehead atoms. The molecule has 0 aliphatic carbocycles. The molecule has 0 amide bonds. The summed E-state index contributed by atoms with van der Waals surface area (Å²) in [4.78, 5) is 5.91. The van der Waals surface area contributed by atoms with E-state index in [1.54, 1.807) is 7.11 Å². The fourth-order valence-electron chi connectivity index (χ4n) is 2.90.